The first-order chi connectivity index (χ1) is 10.2. The number of amides is 1. The van der Waals surface area contributed by atoms with E-state index in [1.807, 2.05) is 28.8 Å². The summed E-state index contributed by atoms with van der Waals surface area (Å²) in [5, 5.41) is 9.24. The quantitative estimate of drug-likeness (QED) is 0.871. The number of aromatic hydroxyl groups is 1. The number of phenolic OH excluding ortho intramolecular Hbond substituents is 1. The number of rotatable bonds is 6. The second-order valence-corrected chi connectivity index (χ2v) is 6.37. The van der Waals surface area contributed by atoms with Gasteiger partial charge in [0, 0.05) is 44.9 Å². The number of carbonyl (C=O) groups excluding carboxylic acids is 1. The smallest absolute Gasteiger partial charge is 0.222 e. The highest BCUT2D eigenvalue weighted by Gasteiger charge is 2.20. The lowest BCUT2D eigenvalue weighted by atomic mass is 10.1. The maximum atomic E-state index is 12.2. The van der Waals surface area contributed by atoms with Crippen LogP contribution in [-0.2, 0) is 11.2 Å². The first kappa shape index (κ1) is 16.2. The van der Waals surface area contributed by atoms with Gasteiger partial charge in [0.25, 0.3) is 0 Å². The molecule has 116 valence electrons. The summed E-state index contributed by atoms with van der Waals surface area (Å²) in [5.74, 6) is 1.67. The van der Waals surface area contributed by atoms with E-state index < -0.39 is 0 Å². The van der Waals surface area contributed by atoms with Crippen molar-refractivity contribution in [3.05, 3.63) is 29.8 Å². The summed E-state index contributed by atoms with van der Waals surface area (Å²) in [7, 11) is 0. The van der Waals surface area contributed by atoms with Gasteiger partial charge in [-0.2, -0.15) is 11.8 Å². The van der Waals surface area contributed by atoms with Crippen molar-refractivity contribution >= 4 is 17.7 Å². The van der Waals surface area contributed by atoms with Gasteiger partial charge < -0.3 is 10.0 Å². The van der Waals surface area contributed by atoms with Crippen LogP contribution in [0.4, 0.5) is 0 Å². The van der Waals surface area contributed by atoms with E-state index in [1.165, 1.54) is 0 Å². The molecule has 1 fully saturated rings. The highest BCUT2D eigenvalue weighted by atomic mass is 32.2. The minimum atomic E-state index is 0.243. The third-order valence-electron chi connectivity index (χ3n) is 3.90. The molecule has 1 aromatic rings. The van der Waals surface area contributed by atoms with Crippen LogP contribution < -0.4 is 0 Å². The Morgan fingerprint density at radius 2 is 1.86 bits per heavy atom. The van der Waals surface area contributed by atoms with E-state index in [9.17, 15) is 9.90 Å². The van der Waals surface area contributed by atoms with Crippen LogP contribution in [0.15, 0.2) is 24.3 Å². The zero-order chi connectivity index (χ0) is 15.1. The van der Waals surface area contributed by atoms with Crippen molar-refractivity contribution in [3.63, 3.8) is 0 Å². The summed E-state index contributed by atoms with van der Waals surface area (Å²) in [4.78, 5) is 16.6. The minimum absolute atomic E-state index is 0.243. The van der Waals surface area contributed by atoms with E-state index in [-0.39, 0.29) is 11.7 Å². The molecular formula is C16H24N2O2S. The molecule has 0 atom stereocenters. The van der Waals surface area contributed by atoms with Crippen LogP contribution >= 0.6 is 11.8 Å². The van der Waals surface area contributed by atoms with Gasteiger partial charge in [-0.05, 0) is 30.4 Å². The number of aryl methyl sites for hydroxylation is 1. The van der Waals surface area contributed by atoms with Crippen LogP contribution in [-0.4, -0.2) is 65.5 Å². The Labute approximate surface area is 131 Å². The Morgan fingerprint density at radius 1 is 1.19 bits per heavy atom. The van der Waals surface area contributed by atoms with Gasteiger partial charge in [-0.15, -0.1) is 0 Å². The molecule has 0 aliphatic carbocycles. The molecule has 21 heavy (non-hydrogen) atoms. The monoisotopic (exact) mass is 308 g/mol. The SMILES string of the molecule is CSCCN1CCN(C(=O)CCc2ccc(O)cc2)CC1. The van der Waals surface area contributed by atoms with Gasteiger partial charge in [-0.3, -0.25) is 9.69 Å². The number of phenols is 1. The van der Waals surface area contributed by atoms with Gasteiger partial charge in [0.05, 0.1) is 0 Å². The van der Waals surface area contributed by atoms with Crippen molar-refractivity contribution in [2.45, 2.75) is 12.8 Å². The van der Waals surface area contributed by atoms with Crippen molar-refractivity contribution in [3.8, 4) is 5.75 Å². The molecule has 4 nitrogen and oxygen atoms in total. The fourth-order valence-electron chi connectivity index (χ4n) is 2.51. The fraction of sp³-hybridized carbons (Fsp3) is 0.562. The van der Waals surface area contributed by atoms with Crippen molar-refractivity contribution < 1.29 is 9.90 Å². The summed E-state index contributed by atoms with van der Waals surface area (Å²) in [6, 6.07) is 7.10. The molecule has 1 heterocycles. The fourth-order valence-corrected chi connectivity index (χ4v) is 2.95. The Hall–Kier alpha value is -1.20. The second kappa shape index (κ2) is 8.29. The molecular weight excluding hydrogens is 284 g/mol. The number of benzene rings is 1. The van der Waals surface area contributed by atoms with Crippen LogP contribution in [0.3, 0.4) is 0 Å². The van der Waals surface area contributed by atoms with Gasteiger partial charge in [0.1, 0.15) is 5.75 Å². The van der Waals surface area contributed by atoms with Crippen LogP contribution in [0.1, 0.15) is 12.0 Å². The Kier molecular flexibility index (Phi) is 6.39. The average Bonchev–Trinajstić information content (AvgIpc) is 2.52. The van der Waals surface area contributed by atoms with Crippen molar-refractivity contribution in [1.82, 2.24) is 9.80 Å². The first-order valence-electron chi connectivity index (χ1n) is 7.46. The number of carbonyl (C=O) groups is 1. The Balaban J connectivity index is 1.71. The first-order valence-corrected chi connectivity index (χ1v) is 8.85. The molecule has 0 radical (unpaired) electrons. The summed E-state index contributed by atoms with van der Waals surface area (Å²) >= 11 is 1.87. The van der Waals surface area contributed by atoms with Crippen LogP contribution in [0.25, 0.3) is 0 Å². The van der Waals surface area contributed by atoms with Crippen LogP contribution in [0.5, 0.6) is 5.75 Å². The molecule has 1 saturated heterocycles. The van der Waals surface area contributed by atoms with E-state index in [4.69, 9.17) is 0 Å². The standard InChI is InChI=1S/C16H24N2O2S/c1-21-13-12-17-8-10-18(11-9-17)16(20)7-4-14-2-5-15(19)6-3-14/h2-3,5-6,19H,4,7-13H2,1H3. The summed E-state index contributed by atoms with van der Waals surface area (Å²) in [6.07, 6.45) is 3.42. The number of hydrogen-bond acceptors (Lipinski definition) is 4. The molecule has 0 unspecified atom stereocenters. The molecule has 0 aromatic heterocycles. The predicted molar refractivity (Wildman–Crippen MR) is 87.8 cm³/mol. The van der Waals surface area contributed by atoms with E-state index in [0.717, 1.165) is 50.5 Å². The third kappa shape index (κ3) is 5.25. The molecule has 1 aromatic carbocycles. The maximum absolute atomic E-state index is 12.2. The summed E-state index contributed by atoms with van der Waals surface area (Å²) in [6.45, 7) is 4.80. The lowest BCUT2D eigenvalue weighted by Crippen LogP contribution is -2.49. The molecule has 1 amide bonds. The highest BCUT2D eigenvalue weighted by Crippen LogP contribution is 2.12. The topological polar surface area (TPSA) is 43.8 Å². The normalized spacial score (nSPS) is 16.1. The van der Waals surface area contributed by atoms with Crippen molar-refractivity contribution in [2.75, 3.05) is 44.7 Å². The lowest BCUT2D eigenvalue weighted by Gasteiger charge is -2.34. The molecule has 0 spiro atoms. The highest BCUT2D eigenvalue weighted by molar-refractivity contribution is 7.98. The molecule has 1 aliphatic rings. The van der Waals surface area contributed by atoms with E-state index >= 15 is 0 Å². The van der Waals surface area contributed by atoms with Crippen molar-refractivity contribution in [1.29, 1.82) is 0 Å². The Morgan fingerprint density at radius 3 is 2.48 bits per heavy atom. The van der Waals surface area contributed by atoms with Crippen LogP contribution in [0.2, 0.25) is 0 Å². The number of piperazine rings is 1. The Bertz CT molecular complexity index is 442. The molecule has 1 aliphatic heterocycles. The minimum Gasteiger partial charge on any atom is -0.508 e. The molecule has 5 heteroatoms. The lowest BCUT2D eigenvalue weighted by molar-refractivity contribution is -0.132. The number of hydrogen-bond donors (Lipinski definition) is 1. The van der Waals surface area contributed by atoms with Gasteiger partial charge in [0.15, 0.2) is 0 Å². The maximum Gasteiger partial charge on any atom is 0.222 e. The van der Waals surface area contributed by atoms with Crippen LogP contribution in [0, 0.1) is 0 Å². The summed E-state index contributed by atoms with van der Waals surface area (Å²) < 4.78 is 0. The van der Waals surface area contributed by atoms with Gasteiger partial charge in [0.2, 0.25) is 5.91 Å². The largest absolute Gasteiger partial charge is 0.508 e. The third-order valence-corrected chi connectivity index (χ3v) is 4.49. The second-order valence-electron chi connectivity index (χ2n) is 5.38. The predicted octanol–water partition coefficient (Wildman–Crippen LogP) is 1.83. The van der Waals surface area contributed by atoms with Gasteiger partial charge in [-0.1, -0.05) is 12.1 Å². The molecule has 1 N–H and O–H groups in total. The zero-order valence-corrected chi connectivity index (χ0v) is 13.4. The van der Waals surface area contributed by atoms with Gasteiger partial charge in [-0.25, -0.2) is 0 Å². The summed E-state index contributed by atoms with van der Waals surface area (Å²) in [5.41, 5.74) is 1.10. The molecule has 0 saturated carbocycles. The number of thioether (sulfide) groups is 1. The number of nitrogens with zero attached hydrogens (tertiary/aromatic N) is 2. The van der Waals surface area contributed by atoms with E-state index in [2.05, 4.69) is 11.2 Å². The van der Waals surface area contributed by atoms with Gasteiger partial charge >= 0.3 is 0 Å². The zero-order valence-electron chi connectivity index (χ0n) is 12.6. The van der Waals surface area contributed by atoms with Crippen molar-refractivity contribution in [2.24, 2.45) is 0 Å². The molecule has 2 rings (SSSR count). The average molecular weight is 308 g/mol. The molecule has 0 bridgehead atoms. The van der Waals surface area contributed by atoms with E-state index in [0.29, 0.717) is 6.42 Å². The van der Waals surface area contributed by atoms with E-state index in [1.54, 1.807) is 12.1 Å².